The fraction of sp³-hybridized carbons (Fsp3) is 0.286. The molecule has 2 aromatic carbocycles. The SMILES string of the molecule is Cc1[nH]c2ccccc2c1CN1CCN(C(=O)c2ccccc2)CC1. The Morgan fingerprint density at radius 3 is 2.40 bits per heavy atom. The van der Waals surface area contributed by atoms with Crippen molar-refractivity contribution in [2.45, 2.75) is 13.5 Å². The van der Waals surface area contributed by atoms with Crippen LogP contribution in [-0.2, 0) is 6.54 Å². The van der Waals surface area contributed by atoms with Crippen molar-refractivity contribution < 1.29 is 4.79 Å². The maximum atomic E-state index is 12.6. The van der Waals surface area contributed by atoms with Gasteiger partial charge in [0, 0.05) is 54.9 Å². The highest BCUT2D eigenvalue weighted by molar-refractivity contribution is 5.94. The molecular formula is C21H23N3O. The lowest BCUT2D eigenvalue weighted by molar-refractivity contribution is 0.0628. The Balaban J connectivity index is 1.42. The normalized spacial score (nSPS) is 15.6. The van der Waals surface area contributed by atoms with Crippen molar-refractivity contribution in [3.8, 4) is 0 Å². The summed E-state index contributed by atoms with van der Waals surface area (Å²) in [5.41, 5.74) is 4.60. The lowest BCUT2D eigenvalue weighted by Gasteiger charge is -2.34. The van der Waals surface area contributed by atoms with E-state index in [0.717, 1.165) is 38.3 Å². The number of piperazine rings is 1. The molecule has 1 N–H and O–H groups in total. The van der Waals surface area contributed by atoms with Gasteiger partial charge in [-0.2, -0.15) is 0 Å². The second-order valence-electron chi connectivity index (χ2n) is 6.71. The van der Waals surface area contributed by atoms with E-state index in [1.165, 1.54) is 22.2 Å². The second kappa shape index (κ2) is 6.73. The van der Waals surface area contributed by atoms with Crippen LogP contribution in [-0.4, -0.2) is 46.9 Å². The van der Waals surface area contributed by atoms with Crippen molar-refractivity contribution in [1.82, 2.24) is 14.8 Å². The summed E-state index contributed by atoms with van der Waals surface area (Å²) in [5.74, 6) is 0.142. The number of amides is 1. The largest absolute Gasteiger partial charge is 0.358 e. The summed E-state index contributed by atoms with van der Waals surface area (Å²) in [6.45, 7) is 6.48. The van der Waals surface area contributed by atoms with E-state index in [1.54, 1.807) is 0 Å². The van der Waals surface area contributed by atoms with Gasteiger partial charge in [0.15, 0.2) is 0 Å². The number of H-pyrrole nitrogens is 1. The van der Waals surface area contributed by atoms with Crippen LogP contribution in [0.25, 0.3) is 10.9 Å². The molecule has 0 spiro atoms. The highest BCUT2D eigenvalue weighted by Crippen LogP contribution is 2.23. The fourth-order valence-electron chi connectivity index (χ4n) is 3.63. The fourth-order valence-corrected chi connectivity index (χ4v) is 3.63. The van der Waals surface area contributed by atoms with Crippen molar-refractivity contribution >= 4 is 16.8 Å². The van der Waals surface area contributed by atoms with E-state index < -0.39 is 0 Å². The molecule has 1 saturated heterocycles. The lowest BCUT2D eigenvalue weighted by Crippen LogP contribution is -2.48. The molecule has 0 atom stereocenters. The Kier molecular flexibility index (Phi) is 4.28. The third-order valence-corrected chi connectivity index (χ3v) is 5.09. The van der Waals surface area contributed by atoms with Gasteiger partial charge in [-0.1, -0.05) is 36.4 Å². The number of aromatic nitrogens is 1. The molecule has 25 heavy (non-hydrogen) atoms. The number of fused-ring (bicyclic) bond motifs is 1. The first kappa shape index (κ1) is 15.9. The molecule has 4 heteroatoms. The van der Waals surface area contributed by atoms with Crippen LogP contribution < -0.4 is 0 Å². The summed E-state index contributed by atoms with van der Waals surface area (Å²) in [7, 11) is 0. The van der Waals surface area contributed by atoms with Gasteiger partial charge < -0.3 is 9.88 Å². The monoisotopic (exact) mass is 333 g/mol. The van der Waals surface area contributed by atoms with E-state index in [2.05, 4.69) is 41.1 Å². The van der Waals surface area contributed by atoms with Gasteiger partial charge in [-0.3, -0.25) is 9.69 Å². The Morgan fingerprint density at radius 1 is 0.960 bits per heavy atom. The maximum absolute atomic E-state index is 12.6. The molecule has 0 radical (unpaired) electrons. The summed E-state index contributed by atoms with van der Waals surface area (Å²) in [6, 6.07) is 18.0. The number of carbonyl (C=O) groups excluding carboxylic acids is 1. The van der Waals surface area contributed by atoms with Gasteiger partial charge in [-0.25, -0.2) is 0 Å². The van der Waals surface area contributed by atoms with Crippen molar-refractivity contribution in [3.63, 3.8) is 0 Å². The van der Waals surface area contributed by atoms with Gasteiger partial charge >= 0.3 is 0 Å². The number of aryl methyl sites for hydroxylation is 1. The molecule has 0 unspecified atom stereocenters. The molecule has 0 bridgehead atoms. The summed E-state index contributed by atoms with van der Waals surface area (Å²) in [6.07, 6.45) is 0. The summed E-state index contributed by atoms with van der Waals surface area (Å²) >= 11 is 0. The molecule has 0 saturated carbocycles. The maximum Gasteiger partial charge on any atom is 0.253 e. The molecule has 1 amide bonds. The van der Waals surface area contributed by atoms with Gasteiger partial charge in [-0.15, -0.1) is 0 Å². The zero-order chi connectivity index (χ0) is 17.2. The third-order valence-electron chi connectivity index (χ3n) is 5.09. The van der Waals surface area contributed by atoms with Crippen LogP contribution in [0.4, 0.5) is 0 Å². The average molecular weight is 333 g/mol. The third kappa shape index (κ3) is 3.17. The number of nitrogens with zero attached hydrogens (tertiary/aromatic N) is 2. The number of nitrogens with one attached hydrogen (secondary N) is 1. The predicted octanol–water partition coefficient (Wildman–Crippen LogP) is 3.43. The summed E-state index contributed by atoms with van der Waals surface area (Å²) in [5, 5.41) is 1.31. The van der Waals surface area contributed by atoms with Gasteiger partial charge in [0.05, 0.1) is 0 Å². The zero-order valence-corrected chi connectivity index (χ0v) is 14.5. The molecule has 4 nitrogen and oxygen atoms in total. The topological polar surface area (TPSA) is 39.3 Å². The van der Waals surface area contributed by atoms with Crippen molar-refractivity contribution in [3.05, 3.63) is 71.4 Å². The Bertz CT molecular complexity index is 877. The van der Waals surface area contributed by atoms with Crippen LogP contribution >= 0.6 is 0 Å². The average Bonchev–Trinajstić information content (AvgIpc) is 2.98. The minimum atomic E-state index is 0.142. The Morgan fingerprint density at radius 2 is 1.64 bits per heavy atom. The molecule has 1 aliphatic rings. The van der Waals surface area contributed by atoms with E-state index in [0.29, 0.717) is 0 Å². The van der Waals surface area contributed by atoms with Crippen LogP contribution in [0.5, 0.6) is 0 Å². The first-order valence-corrected chi connectivity index (χ1v) is 8.85. The Labute approximate surface area is 148 Å². The van der Waals surface area contributed by atoms with Crippen LogP contribution in [0.2, 0.25) is 0 Å². The molecule has 1 fully saturated rings. The minimum absolute atomic E-state index is 0.142. The summed E-state index contributed by atoms with van der Waals surface area (Å²) < 4.78 is 0. The predicted molar refractivity (Wildman–Crippen MR) is 101 cm³/mol. The van der Waals surface area contributed by atoms with Crippen LogP contribution in [0.1, 0.15) is 21.6 Å². The number of hydrogen-bond acceptors (Lipinski definition) is 2. The summed E-state index contributed by atoms with van der Waals surface area (Å²) in [4.78, 5) is 20.4. The first-order valence-electron chi connectivity index (χ1n) is 8.85. The van der Waals surface area contributed by atoms with Gasteiger partial charge in [-0.05, 0) is 30.7 Å². The standard InChI is InChI=1S/C21H23N3O/c1-16-19(18-9-5-6-10-20(18)22-16)15-23-11-13-24(14-12-23)21(25)17-7-3-2-4-8-17/h2-10,22H,11-15H2,1H3. The van der Waals surface area contributed by atoms with Crippen LogP contribution in [0.15, 0.2) is 54.6 Å². The number of aromatic amines is 1. The zero-order valence-electron chi connectivity index (χ0n) is 14.5. The van der Waals surface area contributed by atoms with E-state index in [9.17, 15) is 4.79 Å². The van der Waals surface area contributed by atoms with E-state index in [1.807, 2.05) is 35.2 Å². The molecule has 1 aromatic heterocycles. The van der Waals surface area contributed by atoms with Gasteiger partial charge in [0.1, 0.15) is 0 Å². The van der Waals surface area contributed by atoms with Gasteiger partial charge in [0.2, 0.25) is 0 Å². The van der Waals surface area contributed by atoms with E-state index >= 15 is 0 Å². The smallest absolute Gasteiger partial charge is 0.253 e. The molecule has 2 heterocycles. The van der Waals surface area contributed by atoms with Crippen molar-refractivity contribution in [1.29, 1.82) is 0 Å². The highest BCUT2D eigenvalue weighted by Gasteiger charge is 2.23. The van der Waals surface area contributed by atoms with E-state index in [4.69, 9.17) is 0 Å². The van der Waals surface area contributed by atoms with E-state index in [-0.39, 0.29) is 5.91 Å². The van der Waals surface area contributed by atoms with Gasteiger partial charge in [0.25, 0.3) is 5.91 Å². The Hall–Kier alpha value is -2.59. The first-order chi connectivity index (χ1) is 12.2. The van der Waals surface area contributed by atoms with Crippen molar-refractivity contribution in [2.24, 2.45) is 0 Å². The quantitative estimate of drug-likeness (QED) is 0.797. The molecule has 1 aliphatic heterocycles. The molecular weight excluding hydrogens is 310 g/mol. The minimum Gasteiger partial charge on any atom is -0.358 e. The number of para-hydroxylation sites is 1. The number of benzene rings is 2. The van der Waals surface area contributed by atoms with Crippen LogP contribution in [0, 0.1) is 6.92 Å². The number of rotatable bonds is 3. The molecule has 128 valence electrons. The van der Waals surface area contributed by atoms with Crippen molar-refractivity contribution in [2.75, 3.05) is 26.2 Å². The highest BCUT2D eigenvalue weighted by atomic mass is 16.2. The number of carbonyl (C=O) groups is 1. The molecule has 4 rings (SSSR count). The van der Waals surface area contributed by atoms with Crippen LogP contribution in [0.3, 0.4) is 0 Å². The number of hydrogen-bond donors (Lipinski definition) is 1. The lowest BCUT2D eigenvalue weighted by atomic mass is 10.1. The second-order valence-corrected chi connectivity index (χ2v) is 6.71. The molecule has 0 aliphatic carbocycles. The molecule has 3 aromatic rings.